The molecule has 0 aromatic heterocycles. The highest BCUT2D eigenvalue weighted by atomic mass is 35.5. The molecule has 29 heavy (non-hydrogen) atoms. The number of carbonyl (C=O) groups excluding carboxylic acids is 3. The number of imide groups is 1. The predicted octanol–water partition coefficient (Wildman–Crippen LogP) is 2.77. The summed E-state index contributed by atoms with van der Waals surface area (Å²) in [6, 6.07) is 14.2. The number of halogens is 1. The van der Waals surface area contributed by atoms with Gasteiger partial charge in [0.1, 0.15) is 5.54 Å². The number of hydrogen-bond acceptors (Lipinski definition) is 4. The molecule has 1 spiro atoms. The maximum Gasteiger partial charge on any atom is 0.250 e. The molecule has 0 radical (unpaired) electrons. The molecule has 3 amide bonds. The Morgan fingerprint density at radius 2 is 1.79 bits per heavy atom. The lowest BCUT2D eigenvalue weighted by Gasteiger charge is -2.36. The van der Waals surface area contributed by atoms with Crippen molar-refractivity contribution in [1.29, 1.82) is 0 Å². The fourth-order valence-electron chi connectivity index (χ4n) is 6.03. The van der Waals surface area contributed by atoms with E-state index in [0.29, 0.717) is 28.5 Å². The molecule has 4 aliphatic heterocycles. The van der Waals surface area contributed by atoms with Gasteiger partial charge in [0, 0.05) is 11.6 Å². The monoisotopic (exact) mass is 407 g/mol. The van der Waals surface area contributed by atoms with Gasteiger partial charge in [-0.15, -0.1) is 0 Å². The van der Waals surface area contributed by atoms with Gasteiger partial charge in [0.15, 0.2) is 0 Å². The van der Waals surface area contributed by atoms with Crippen molar-refractivity contribution >= 4 is 40.7 Å². The Bertz CT molecular complexity index is 1090. The van der Waals surface area contributed by atoms with Gasteiger partial charge in [-0.3, -0.25) is 19.3 Å². The molecule has 146 valence electrons. The third kappa shape index (κ3) is 1.89. The lowest BCUT2D eigenvalue weighted by molar-refractivity contribution is -0.135. The topological polar surface area (TPSA) is 69.7 Å². The first kappa shape index (κ1) is 17.2. The number of nitrogens with one attached hydrogen (secondary N) is 1. The van der Waals surface area contributed by atoms with E-state index in [1.165, 1.54) is 4.90 Å². The number of anilines is 2. The number of hydrogen-bond donors (Lipinski definition) is 1. The van der Waals surface area contributed by atoms with Crippen molar-refractivity contribution in [3.63, 3.8) is 0 Å². The Kier molecular flexibility index (Phi) is 3.36. The molecule has 0 bridgehead atoms. The van der Waals surface area contributed by atoms with Gasteiger partial charge < -0.3 is 5.32 Å². The highest BCUT2D eigenvalue weighted by Crippen LogP contribution is 2.61. The maximum atomic E-state index is 13.7. The van der Waals surface area contributed by atoms with Crippen molar-refractivity contribution < 1.29 is 14.4 Å². The molecular formula is C22H18ClN3O3. The van der Waals surface area contributed by atoms with Crippen LogP contribution >= 0.6 is 11.6 Å². The lowest BCUT2D eigenvalue weighted by atomic mass is 9.75. The van der Waals surface area contributed by atoms with Crippen LogP contribution in [0.5, 0.6) is 0 Å². The molecule has 3 fully saturated rings. The number of para-hydroxylation sites is 2. The van der Waals surface area contributed by atoms with Crippen molar-refractivity contribution in [2.45, 2.75) is 24.4 Å². The summed E-state index contributed by atoms with van der Waals surface area (Å²) < 4.78 is 0. The number of amides is 3. The lowest BCUT2D eigenvalue weighted by Crippen LogP contribution is -2.54. The molecule has 6 nitrogen and oxygen atoms in total. The summed E-state index contributed by atoms with van der Waals surface area (Å²) in [5.74, 6) is -2.04. The van der Waals surface area contributed by atoms with Crippen molar-refractivity contribution in [1.82, 2.24) is 4.90 Å². The third-order valence-corrected chi connectivity index (χ3v) is 7.31. The SMILES string of the molecule is O=C1[C@H]2[C@@H](C(=O)N1c1ccccc1)[C@@]1(C(=O)Nc3c(Cl)cccc31)N1CCC[C@@H]21. The van der Waals surface area contributed by atoms with Crippen LogP contribution in [0.2, 0.25) is 5.02 Å². The Morgan fingerprint density at radius 3 is 2.59 bits per heavy atom. The number of rotatable bonds is 1. The van der Waals surface area contributed by atoms with Crippen molar-refractivity contribution in [3.8, 4) is 0 Å². The van der Waals surface area contributed by atoms with Crippen LogP contribution in [-0.4, -0.2) is 35.2 Å². The van der Waals surface area contributed by atoms with E-state index in [2.05, 4.69) is 10.2 Å². The molecule has 0 aliphatic carbocycles. The van der Waals surface area contributed by atoms with Gasteiger partial charge >= 0.3 is 0 Å². The average molecular weight is 408 g/mol. The number of carbonyl (C=O) groups is 3. The molecule has 1 N–H and O–H groups in total. The van der Waals surface area contributed by atoms with Gasteiger partial charge in [-0.1, -0.05) is 41.9 Å². The summed E-state index contributed by atoms with van der Waals surface area (Å²) in [5.41, 5.74) is 0.651. The van der Waals surface area contributed by atoms with Gasteiger partial charge in [0.2, 0.25) is 11.8 Å². The quantitative estimate of drug-likeness (QED) is 0.738. The molecule has 0 saturated carbocycles. The molecule has 6 rings (SSSR count). The van der Waals surface area contributed by atoms with E-state index in [0.717, 1.165) is 12.8 Å². The average Bonchev–Trinajstić information content (AvgIpc) is 3.42. The normalized spacial score (nSPS) is 32.7. The van der Waals surface area contributed by atoms with Crippen LogP contribution in [0.4, 0.5) is 11.4 Å². The predicted molar refractivity (Wildman–Crippen MR) is 107 cm³/mol. The Hall–Kier alpha value is -2.70. The Balaban J connectivity index is 1.58. The summed E-state index contributed by atoms with van der Waals surface area (Å²) in [6.45, 7) is 0.683. The summed E-state index contributed by atoms with van der Waals surface area (Å²) in [5, 5.41) is 3.37. The second-order valence-electron chi connectivity index (χ2n) is 8.14. The molecule has 3 saturated heterocycles. The van der Waals surface area contributed by atoms with E-state index in [1.54, 1.807) is 36.4 Å². The second kappa shape index (κ2) is 5.68. The van der Waals surface area contributed by atoms with E-state index in [4.69, 9.17) is 11.6 Å². The Labute approximate surface area is 172 Å². The van der Waals surface area contributed by atoms with E-state index < -0.39 is 17.4 Å². The molecule has 4 aliphatic rings. The van der Waals surface area contributed by atoms with Gasteiger partial charge in [-0.05, 0) is 37.6 Å². The zero-order valence-corrected chi connectivity index (χ0v) is 16.2. The smallest absolute Gasteiger partial charge is 0.250 e. The number of nitrogens with zero attached hydrogens (tertiary/aromatic N) is 2. The summed E-state index contributed by atoms with van der Waals surface area (Å²) in [6.07, 6.45) is 1.69. The molecule has 2 aromatic carbocycles. The van der Waals surface area contributed by atoms with E-state index >= 15 is 0 Å². The molecule has 2 aromatic rings. The standard InChI is InChI=1S/C22H18ClN3O3/c23-14-9-4-8-13-18(14)24-21(29)22(13)17-16(15-10-5-11-25(15)22)19(27)26(20(17)28)12-6-2-1-3-7-12/h1-4,6-9,15-17H,5,10-11H2,(H,24,29)/t15-,16+,17-,22-/m0/s1. The van der Waals surface area contributed by atoms with Gasteiger partial charge in [-0.2, -0.15) is 0 Å². The van der Waals surface area contributed by atoms with Crippen LogP contribution in [0, 0.1) is 11.8 Å². The van der Waals surface area contributed by atoms with Crippen LogP contribution < -0.4 is 10.2 Å². The van der Waals surface area contributed by atoms with Gasteiger partial charge in [0.25, 0.3) is 5.91 Å². The Morgan fingerprint density at radius 1 is 1.00 bits per heavy atom. The minimum absolute atomic E-state index is 0.124. The first-order chi connectivity index (χ1) is 14.1. The first-order valence-corrected chi connectivity index (χ1v) is 10.2. The highest BCUT2D eigenvalue weighted by molar-refractivity contribution is 6.35. The van der Waals surface area contributed by atoms with E-state index in [1.807, 2.05) is 12.1 Å². The zero-order chi connectivity index (χ0) is 19.9. The molecule has 7 heteroatoms. The van der Waals surface area contributed by atoms with Crippen LogP contribution in [0.15, 0.2) is 48.5 Å². The van der Waals surface area contributed by atoms with Crippen molar-refractivity contribution in [2.75, 3.05) is 16.8 Å². The minimum atomic E-state index is -1.18. The fraction of sp³-hybridized carbons (Fsp3) is 0.318. The number of fused-ring (bicyclic) bond motifs is 7. The van der Waals surface area contributed by atoms with Gasteiger partial charge in [-0.25, -0.2) is 4.90 Å². The minimum Gasteiger partial charge on any atom is -0.323 e. The molecule has 4 heterocycles. The molecular weight excluding hydrogens is 390 g/mol. The van der Waals surface area contributed by atoms with Crippen LogP contribution in [-0.2, 0) is 19.9 Å². The van der Waals surface area contributed by atoms with Crippen molar-refractivity contribution in [3.05, 3.63) is 59.1 Å². The number of benzene rings is 2. The van der Waals surface area contributed by atoms with Crippen LogP contribution in [0.25, 0.3) is 0 Å². The van der Waals surface area contributed by atoms with Crippen LogP contribution in [0.1, 0.15) is 18.4 Å². The van der Waals surface area contributed by atoms with Crippen LogP contribution in [0.3, 0.4) is 0 Å². The summed E-state index contributed by atoms with van der Waals surface area (Å²) >= 11 is 6.38. The molecule has 4 atom stereocenters. The highest BCUT2D eigenvalue weighted by Gasteiger charge is 2.74. The van der Waals surface area contributed by atoms with E-state index in [9.17, 15) is 14.4 Å². The summed E-state index contributed by atoms with van der Waals surface area (Å²) in [4.78, 5) is 44.1. The maximum absolute atomic E-state index is 13.7. The second-order valence-corrected chi connectivity index (χ2v) is 8.54. The fourth-order valence-corrected chi connectivity index (χ4v) is 6.25. The summed E-state index contributed by atoms with van der Waals surface area (Å²) in [7, 11) is 0. The van der Waals surface area contributed by atoms with Gasteiger partial charge in [0.05, 0.1) is 28.2 Å². The van der Waals surface area contributed by atoms with Crippen molar-refractivity contribution in [2.24, 2.45) is 11.8 Å². The third-order valence-electron chi connectivity index (χ3n) is 6.99. The zero-order valence-electron chi connectivity index (χ0n) is 15.5. The van der Waals surface area contributed by atoms with E-state index in [-0.39, 0.29) is 23.8 Å². The first-order valence-electron chi connectivity index (χ1n) is 9.87. The largest absolute Gasteiger partial charge is 0.323 e. The molecule has 0 unspecified atom stereocenters.